The lowest BCUT2D eigenvalue weighted by Gasteiger charge is -2.28. The van der Waals surface area contributed by atoms with E-state index in [4.69, 9.17) is 9.84 Å². The third-order valence-corrected chi connectivity index (χ3v) is 2.75. The van der Waals surface area contributed by atoms with Gasteiger partial charge >= 0.3 is 12.1 Å². The second-order valence-corrected chi connectivity index (χ2v) is 3.96. The molecule has 0 fully saturated rings. The molecule has 0 saturated carbocycles. The van der Waals surface area contributed by atoms with Gasteiger partial charge in [0, 0.05) is 6.61 Å². The minimum Gasteiger partial charge on any atom is -0.497 e. The van der Waals surface area contributed by atoms with Gasteiger partial charge in [-0.3, -0.25) is 0 Å². The van der Waals surface area contributed by atoms with Crippen LogP contribution in [0.25, 0.3) is 0 Å². The Morgan fingerprint density at radius 2 is 1.63 bits per heavy atom. The number of benzene rings is 1. The van der Waals surface area contributed by atoms with E-state index in [-0.39, 0.29) is 5.56 Å². The maximum atomic E-state index is 13.4. The summed E-state index contributed by atoms with van der Waals surface area (Å²) in [6.45, 7) is -0.762. The maximum absolute atomic E-state index is 13.4. The van der Waals surface area contributed by atoms with Crippen molar-refractivity contribution in [3.63, 3.8) is 0 Å². The van der Waals surface area contributed by atoms with Crippen molar-refractivity contribution in [3.05, 3.63) is 29.8 Å². The van der Waals surface area contributed by atoms with Crippen molar-refractivity contribution >= 4 is 0 Å². The average molecular weight is 284 g/mol. The van der Waals surface area contributed by atoms with E-state index in [0.717, 1.165) is 12.1 Å². The van der Waals surface area contributed by atoms with Crippen molar-refractivity contribution < 1.29 is 31.8 Å². The summed E-state index contributed by atoms with van der Waals surface area (Å²) in [5, 5.41) is 8.70. The van der Waals surface area contributed by atoms with Crippen molar-refractivity contribution in [2.45, 2.75) is 24.4 Å². The molecule has 0 amide bonds. The molecular weight excluding hydrogens is 271 g/mol. The molecule has 19 heavy (non-hydrogen) atoms. The highest BCUT2D eigenvalue weighted by Crippen LogP contribution is 2.47. The number of rotatable bonds is 5. The second kappa shape index (κ2) is 5.73. The molecule has 1 unspecified atom stereocenters. The second-order valence-electron chi connectivity index (χ2n) is 3.96. The molecule has 1 N–H and O–H groups in total. The SMILES string of the molecule is COc1ccc(C(CCO)C(F)(F)C(F)(F)F)cc1. The highest BCUT2D eigenvalue weighted by atomic mass is 19.4. The first-order valence-electron chi connectivity index (χ1n) is 5.43. The monoisotopic (exact) mass is 284 g/mol. The van der Waals surface area contributed by atoms with Crippen LogP contribution in [0.5, 0.6) is 5.75 Å². The molecule has 0 spiro atoms. The van der Waals surface area contributed by atoms with E-state index in [1.54, 1.807) is 0 Å². The Labute approximate surface area is 106 Å². The third-order valence-electron chi connectivity index (χ3n) is 2.75. The number of aliphatic hydroxyl groups is 1. The Morgan fingerprint density at radius 3 is 2.00 bits per heavy atom. The molecule has 1 rings (SSSR count). The first kappa shape index (κ1) is 15.7. The van der Waals surface area contributed by atoms with Gasteiger partial charge in [-0.2, -0.15) is 22.0 Å². The molecule has 2 nitrogen and oxygen atoms in total. The summed E-state index contributed by atoms with van der Waals surface area (Å²) in [6.07, 6.45) is -6.34. The van der Waals surface area contributed by atoms with Gasteiger partial charge in [0.05, 0.1) is 13.0 Å². The molecule has 7 heteroatoms. The normalized spacial score (nSPS) is 14.3. The van der Waals surface area contributed by atoms with Crippen molar-refractivity contribution in [1.29, 1.82) is 0 Å². The molecule has 1 aromatic rings. The molecule has 0 bridgehead atoms. The minimum absolute atomic E-state index is 0.197. The fourth-order valence-corrected chi connectivity index (χ4v) is 1.72. The van der Waals surface area contributed by atoms with Gasteiger partial charge in [-0.1, -0.05) is 12.1 Å². The van der Waals surface area contributed by atoms with E-state index in [1.165, 1.54) is 19.2 Å². The highest BCUT2D eigenvalue weighted by Gasteiger charge is 2.62. The number of aliphatic hydroxyl groups excluding tert-OH is 1. The average Bonchev–Trinajstić information content (AvgIpc) is 2.34. The Kier molecular flexibility index (Phi) is 4.73. The van der Waals surface area contributed by atoms with Gasteiger partial charge in [0.15, 0.2) is 0 Å². The summed E-state index contributed by atoms with van der Waals surface area (Å²) in [4.78, 5) is 0. The van der Waals surface area contributed by atoms with Gasteiger partial charge in [-0.15, -0.1) is 0 Å². The quantitative estimate of drug-likeness (QED) is 0.840. The molecule has 0 aliphatic heterocycles. The van der Waals surface area contributed by atoms with Crippen molar-refractivity contribution in [3.8, 4) is 5.75 Å². The lowest BCUT2D eigenvalue weighted by atomic mass is 9.89. The van der Waals surface area contributed by atoms with E-state index in [1.807, 2.05) is 0 Å². The smallest absolute Gasteiger partial charge is 0.453 e. The molecular formula is C12H13F5O2. The Bertz CT molecular complexity index is 400. The van der Waals surface area contributed by atoms with E-state index in [0.29, 0.717) is 5.75 Å². The Hall–Kier alpha value is -1.37. The number of alkyl halides is 5. The molecule has 0 saturated heterocycles. The van der Waals surface area contributed by atoms with Crippen LogP contribution in [0.4, 0.5) is 22.0 Å². The molecule has 0 radical (unpaired) electrons. The summed E-state index contributed by atoms with van der Waals surface area (Å²) in [6, 6.07) is 4.87. The highest BCUT2D eigenvalue weighted by molar-refractivity contribution is 5.31. The zero-order valence-corrected chi connectivity index (χ0v) is 10.0. The van der Waals surface area contributed by atoms with E-state index in [9.17, 15) is 22.0 Å². The molecule has 0 aromatic heterocycles. The molecule has 1 atom stereocenters. The van der Waals surface area contributed by atoms with Gasteiger partial charge < -0.3 is 9.84 Å². The third kappa shape index (κ3) is 3.34. The number of hydrogen-bond acceptors (Lipinski definition) is 2. The molecule has 1 aromatic carbocycles. The van der Waals surface area contributed by atoms with Crippen LogP contribution in [-0.2, 0) is 0 Å². The lowest BCUT2D eigenvalue weighted by Crippen LogP contribution is -2.42. The fourth-order valence-electron chi connectivity index (χ4n) is 1.72. The largest absolute Gasteiger partial charge is 0.497 e. The van der Waals surface area contributed by atoms with Crippen LogP contribution >= 0.6 is 0 Å². The topological polar surface area (TPSA) is 29.5 Å². The van der Waals surface area contributed by atoms with Crippen molar-refractivity contribution in [2.75, 3.05) is 13.7 Å². The zero-order chi connectivity index (χ0) is 14.7. The summed E-state index contributed by atoms with van der Waals surface area (Å²) < 4.78 is 68.7. The number of ether oxygens (including phenoxy) is 1. The van der Waals surface area contributed by atoms with Gasteiger partial charge in [0.2, 0.25) is 0 Å². The lowest BCUT2D eigenvalue weighted by molar-refractivity contribution is -0.292. The van der Waals surface area contributed by atoms with Crippen LogP contribution in [0.15, 0.2) is 24.3 Å². The minimum atomic E-state index is -5.66. The van der Waals surface area contributed by atoms with Gasteiger partial charge in [-0.05, 0) is 24.1 Å². The van der Waals surface area contributed by atoms with Crippen LogP contribution in [0.1, 0.15) is 17.9 Å². The molecule has 108 valence electrons. The summed E-state index contributed by atoms with van der Waals surface area (Å²) >= 11 is 0. The van der Waals surface area contributed by atoms with E-state index < -0.39 is 31.0 Å². The number of hydrogen-bond donors (Lipinski definition) is 1. The van der Waals surface area contributed by atoms with Gasteiger partial charge in [0.1, 0.15) is 5.75 Å². The van der Waals surface area contributed by atoms with Crippen molar-refractivity contribution in [2.24, 2.45) is 0 Å². The number of halogens is 5. The first-order valence-corrected chi connectivity index (χ1v) is 5.43. The van der Waals surface area contributed by atoms with Crippen LogP contribution in [0.2, 0.25) is 0 Å². The molecule has 0 aliphatic carbocycles. The summed E-state index contributed by atoms with van der Waals surface area (Å²) in [5.41, 5.74) is -0.197. The first-order chi connectivity index (χ1) is 8.74. The Balaban J connectivity index is 3.12. The van der Waals surface area contributed by atoms with E-state index >= 15 is 0 Å². The predicted octanol–water partition coefficient (Wildman–Crippen LogP) is 3.36. The van der Waals surface area contributed by atoms with Crippen LogP contribution < -0.4 is 4.74 Å². The fraction of sp³-hybridized carbons (Fsp3) is 0.500. The zero-order valence-electron chi connectivity index (χ0n) is 10.0. The Morgan fingerprint density at radius 1 is 1.11 bits per heavy atom. The van der Waals surface area contributed by atoms with Crippen LogP contribution in [0.3, 0.4) is 0 Å². The van der Waals surface area contributed by atoms with Gasteiger partial charge in [-0.25, -0.2) is 0 Å². The summed E-state index contributed by atoms with van der Waals surface area (Å²) in [5.74, 6) is -6.67. The predicted molar refractivity (Wildman–Crippen MR) is 58.4 cm³/mol. The molecule has 0 aliphatic rings. The summed E-state index contributed by atoms with van der Waals surface area (Å²) in [7, 11) is 1.35. The van der Waals surface area contributed by atoms with Crippen LogP contribution in [0, 0.1) is 0 Å². The van der Waals surface area contributed by atoms with Gasteiger partial charge in [0.25, 0.3) is 0 Å². The van der Waals surface area contributed by atoms with E-state index in [2.05, 4.69) is 0 Å². The maximum Gasteiger partial charge on any atom is 0.453 e. The van der Waals surface area contributed by atoms with Crippen molar-refractivity contribution in [1.82, 2.24) is 0 Å². The van der Waals surface area contributed by atoms with Crippen LogP contribution in [-0.4, -0.2) is 30.9 Å². The number of methoxy groups -OCH3 is 1. The standard InChI is InChI=1S/C12H13F5O2/c1-19-9-4-2-8(3-5-9)10(6-7-18)11(13,14)12(15,16)17/h2-5,10,18H,6-7H2,1H3. The molecule has 0 heterocycles.